The van der Waals surface area contributed by atoms with Crippen LogP contribution in [0.5, 0.6) is 0 Å². The number of nitrogens with two attached hydrogens (primary N) is 1. The number of nitrogens with zero attached hydrogens (tertiary/aromatic N) is 1. The molecule has 1 amide bonds. The summed E-state index contributed by atoms with van der Waals surface area (Å²) in [4.78, 5) is 14.5. The van der Waals surface area contributed by atoms with Gasteiger partial charge in [0.1, 0.15) is 0 Å². The number of hydrogen-bond acceptors (Lipinski definition) is 2. The lowest BCUT2D eigenvalue weighted by atomic mass is 9.94. The average molecular weight is 238 g/mol. The van der Waals surface area contributed by atoms with Crippen molar-refractivity contribution in [3.63, 3.8) is 0 Å². The Kier molecular flexibility index (Phi) is 4.43. The smallest absolute Gasteiger partial charge is 0.227 e. The number of likely N-dealkylation sites (tertiary alicyclic amines) is 1. The molecule has 3 unspecified atom stereocenters. The van der Waals surface area contributed by atoms with E-state index in [-0.39, 0.29) is 12.0 Å². The predicted molar refractivity (Wildman–Crippen MR) is 69.5 cm³/mol. The third kappa shape index (κ3) is 3.01. The number of hydrogen-bond donors (Lipinski definition) is 1. The van der Waals surface area contributed by atoms with Crippen molar-refractivity contribution >= 4 is 5.91 Å². The minimum Gasteiger partial charge on any atom is -0.342 e. The molecule has 0 radical (unpaired) electrons. The first-order valence-electron chi connectivity index (χ1n) is 7.26. The first kappa shape index (κ1) is 12.9. The van der Waals surface area contributed by atoms with E-state index < -0.39 is 0 Å². The van der Waals surface area contributed by atoms with E-state index in [4.69, 9.17) is 5.73 Å². The molecule has 0 bridgehead atoms. The van der Waals surface area contributed by atoms with E-state index in [0.29, 0.717) is 5.91 Å². The molecule has 3 atom stereocenters. The zero-order chi connectivity index (χ0) is 12.3. The number of amides is 1. The molecule has 1 saturated carbocycles. The minimum atomic E-state index is 0.102. The van der Waals surface area contributed by atoms with Crippen molar-refractivity contribution in [3.8, 4) is 0 Å². The Labute approximate surface area is 105 Å². The highest BCUT2D eigenvalue weighted by Crippen LogP contribution is 2.27. The largest absolute Gasteiger partial charge is 0.342 e. The van der Waals surface area contributed by atoms with Crippen molar-refractivity contribution < 1.29 is 4.79 Å². The van der Waals surface area contributed by atoms with Gasteiger partial charge in [0.05, 0.1) is 5.92 Å². The molecule has 3 nitrogen and oxygen atoms in total. The second-order valence-corrected chi connectivity index (χ2v) is 5.76. The van der Waals surface area contributed by atoms with E-state index >= 15 is 0 Å². The fraction of sp³-hybridized carbons (Fsp3) is 0.929. The fourth-order valence-corrected chi connectivity index (χ4v) is 3.24. The van der Waals surface area contributed by atoms with E-state index in [0.717, 1.165) is 31.8 Å². The van der Waals surface area contributed by atoms with Gasteiger partial charge >= 0.3 is 0 Å². The van der Waals surface area contributed by atoms with Gasteiger partial charge in [-0.05, 0) is 25.2 Å². The summed E-state index contributed by atoms with van der Waals surface area (Å²) in [7, 11) is 0. The normalized spacial score (nSPS) is 34.7. The quantitative estimate of drug-likeness (QED) is 0.749. The van der Waals surface area contributed by atoms with Crippen LogP contribution in [0.3, 0.4) is 0 Å². The summed E-state index contributed by atoms with van der Waals surface area (Å²) < 4.78 is 0. The summed E-state index contributed by atoms with van der Waals surface area (Å²) in [6.07, 6.45) is 8.03. The third-order valence-electron chi connectivity index (χ3n) is 4.56. The third-order valence-corrected chi connectivity index (χ3v) is 4.56. The molecule has 1 aliphatic heterocycles. The van der Waals surface area contributed by atoms with Crippen LogP contribution in [0.4, 0.5) is 0 Å². The standard InChI is InChI=1S/C14H26N2O/c1-2-11-8-9-16(10-11)14(17)12-6-4-3-5-7-13(12)15/h11-13H,2-10,15H2,1H3. The Morgan fingerprint density at radius 1 is 1.24 bits per heavy atom. The van der Waals surface area contributed by atoms with Gasteiger partial charge in [0, 0.05) is 19.1 Å². The van der Waals surface area contributed by atoms with Crippen LogP contribution in [0.1, 0.15) is 51.9 Å². The Morgan fingerprint density at radius 2 is 2.00 bits per heavy atom. The molecule has 0 aromatic heterocycles. The molecule has 2 rings (SSSR count). The highest BCUT2D eigenvalue weighted by Gasteiger charge is 2.33. The van der Waals surface area contributed by atoms with Gasteiger partial charge in [-0.3, -0.25) is 4.79 Å². The summed E-state index contributed by atoms with van der Waals surface area (Å²) in [5.41, 5.74) is 6.17. The van der Waals surface area contributed by atoms with Gasteiger partial charge in [-0.25, -0.2) is 0 Å². The van der Waals surface area contributed by atoms with Gasteiger partial charge < -0.3 is 10.6 Å². The molecule has 0 spiro atoms. The molecule has 1 aliphatic carbocycles. The predicted octanol–water partition coefficient (Wildman–Crippen LogP) is 2.15. The zero-order valence-corrected chi connectivity index (χ0v) is 11.0. The minimum absolute atomic E-state index is 0.102. The highest BCUT2D eigenvalue weighted by atomic mass is 16.2. The highest BCUT2D eigenvalue weighted by molar-refractivity contribution is 5.79. The summed E-state index contributed by atoms with van der Waals surface area (Å²) in [6, 6.07) is 0.102. The lowest BCUT2D eigenvalue weighted by Gasteiger charge is -2.26. The van der Waals surface area contributed by atoms with Crippen LogP contribution in [-0.4, -0.2) is 29.9 Å². The molecule has 2 N–H and O–H groups in total. The summed E-state index contributed by atoms with van der Waals surface area (Å²) in [5, 5.41) is 0. The molecule has 2 fully saturated rings. The van der Waals surface area contributed by atoms with Crippen molar-refractivity contribution in [2.24, 2.45) is 17.6 Å². The van der Waals surface area contributed by atoms with Gasteiger partial charge in [0.25, 0.3) is 0 Å². The van der Waals surface area contributed by atoms with Crippen molar-refractivity contribution in [1.82, 2.24) is 4.90 Å². The first-order chi connectivity index (χ1) is 8.22. The molecule has 0 aromatic carbocycles. The van der Waals surface area contributed by atoms with Crippen LogP contribution < -0.4 is 5.73 Å². The molecule has 3 heteroatoms. The van der Waals surface area contributed by atoms with Crippen LogP contribution in [0.2, 0.25) is 0 Å². The van der Waals surface area contributed by atoms with E-state index in [1.807, 2.05) is 0 Å². The van der Waals surface area contributed by atoms with Crippen molar-refractivity contribution in [2.75, 3.05) is 13.1 Å². The fourth-order valence-electron chi connectivity index (χ4n) is 3.24. The van der Waals surface area contributed by atoms with Gasteiger partial charge in [-0.2, -0.15) is 0 Å². The Balaban J connectivity index is 1.94. The zero-order valence-electron chi connectivity index (χ0n) is 11.0. The number of carbonyl (C=O) groups excluding carboxylic acids is 1. The Hall–Kier alpha value is -0.570. The maximum atomic E-state index is 12.5. The monoisotopic (exact) mass is 238 g/mol. The first-order valence-corrected chi connectivity index (χ1v) is 7.26. The maximum Gasteiger partial charge on any atom is 0.227 e. The van der Waals surface area contributed by atoms with Crippen LogP contribution in [0, 0.1) is 11.8 Å². The topological polar surface area (TPSA) is 46.3 Å². The van der Waals surface area contributed by atoms with E-state index in [9.17, 15) is 4.79 Å². The molecular formula is C14H26N2O. The van der Waals surface area contributed by atoms with Crippen LogP contribution >= 0.6 is 0 Å². The van der Waals surface area contributed by atoms with E-state index in [1.54, 1.807) is 0 Å². The van der Waals surface area contributed by atoms with Crippen molar-refractivity contribution in [1.29, 1.82) is 0 Å². The average Bonchev–Trinajstić information content (AvgIpc) is 2.71. The molecule has 98 valence electrons. The Bertz CT molecular complexity index is 267. The number of carbonyl (C=O) groups is 1. The Morgan fingerprint density at radius 3 is 2.71 bits per heavy atom. The van der Waals surface area contributed by atoms with Gasteiger partial charge in [-0.15, -0.1) is 0 Å². The summed E-state index contributed by atoms with van der Waals surface area (Å²) in [6.45, 7) is 4.15. The van der Waals surface area contributed by atoms with E-state index in [2.05, 4.69) is 11.8 Å². The van der Waals surface area contributed by atoms with Crippen molar-refractivity contribution in [2.45, 2.75) is 57.9 Å². The van der Waals surface area contributed by atoms with Gasteiger partial charge in [0.2, 0.25) is 5.91 Å². The lowest BCUT2D eigenvalue weighted by Crippen LogP contribution is -2.42. The van der Waals surface area contributed by atoms with Gasteiger partial charge in [-0.1, -0.05) is 32.6 Å². The SMILES string of the molecule is CCC1CCN(C(=O)C2CCCCCC2N)C1. The molecular weight excluding hydrogens is 212 g/mol. The molecule has 1 heterocycles. The second-order valence-electron chi connectivity index (χ2n) is 5.76. The maximum absolute atomic E-state index is 12.5. The lowest BCUT2D eigenvalue weighted by molar-refractivity contribution is -0.135. The van der Waals surface area contributed by atoms with Gasteiger partial charge in [0.15, 0.2) is 0 Å². The van der Waals surface area contributed by atoms with Crippen LogP contribution in [-0.2, 0) is 4.79 Å². The van der Waals surface area contributed by atoms with E-state index in [1.165, 1.54) is 32.1 Å². The molecule has 0 aromatic rings. The van der Waals surface area contributed by atoms with Crippen LogP contribution in [0.25, 0.3) is 0 Å². The summed E-state index contributed by atoms with van der Waals surface area (Å²) >= 11 is 0. The molecule has 2 aliphatic rings. The van der Waals surface area contributed by atoms with Crippen molar-refractivity contribution in [3.05, 3.63) is 0 Å². The number of rotatable bonds is 2. The molecule has 17 heavy (non-hydrogen) atoms. The van der Waals surface area contributed by atoms with Crippen LogP contribution in [0.15, 0.2) is 0 Å². The second kappa shape index (κ2) is 5.85. The summed E-state index contributed by atoms with van der Waals surface area (Å²) in [5.74, 6) is 1.17. The molecule has 1 saturated heterocycles.